The minimum absolute atomic E-state index is 0.0204. The number of piperidine rings is 1. The fraction of sp³-hybridized carbons (Fsp3) is 0.864. The number of amides is 1. The normalized spacial score (nSPS) is 26.8. The Hall–Kier alpha value is -1.91. The van der Waals surface area contributed by atoms with Crippen LogP contribution in [0.4, 0.5) is 0 Å². The number of hydrogen-bond acceptors (Lipinski definition) is 8. The molecule has 1 amide bonds. The summed E-state index contributed by atoms with van der Waals surface area (Å²) in [4.78, 5) is 24.7. The molecule has 2 rings (SSSR count). The summed E-state index contributed by atoms with van der Waals surface area (Å²) in [6.07, 6.45) is 6.65. The van der Waals surface area contributed by atoms with Crippen molar-refractivity contribution in [2.24, 2.45) is 40.3 Å². The van der Waals surface area contributed by atoms with Crippen molar-refractivity contribution in [1.29, 1.82) is 0 Å². The maximum atomic E-state index is 12.5. The van der Waals surface area contributed by atoms with Crippen LogP contribution in [0.3, 0.4) is 0 Å². The number of amidine groups is 1. The van der Waals surface area contributed by atoms with E-state index in [-0.39, 0.29) is 29.9 Å². The van der Waals surface area contributed by atoms with Crippen LogP contribution in [0.15, 0.2) is 5.10 Å². The number of nitrogens with two attached hydrogens (primary N) is 2. The molecule has 10 nitrogen and oxygen atoms in total. The lowest BCUT2D eigenvalue weighted by Crippen LogP contribution is -2.50. The van der Waals surface area contributed by atoms with Crippen LogP contribution in [0.1, 0.15) is 58.8 Å². The van der Waals surface area contributed by atoms with Crippen LogP contribution in [-0.2, 0) is 14.3 Å². The summed E-state index contributed by atoms with van der Waals surface area (Å²) < 4.78 is 5.49. The number of carbonyl (C=O) groups is 2. The SMILES string of the molecule is CNC(C(=O)NCCCOC(=O)C1CC2CC(CC/C(N)=N/NN)CCC2CN1)C(C)C. The van der Waals surface area contributed by atoms with Gasteiger partial charge in [-0.1, -0.05) is 20.3 Å². The molecule has 0 aromatic rings. The number of rotatable bonds is 12. The van der Waals surface area contributed by atoms with E-state index >= 15 is 0 Å². The van der Waals surface area contributed by atoms with Crippen molar-refractivity contribution in [1.82, 2.24) is 21.5 Å². The van der Waals surface area contributed by atoms with Gasteiger partial charge in [-0.2, -0.15) is 5.10 Å². The molecule has 32 heavy (non-hydrogen) atoms. The number of carbonyl (C=O) groups excluding carboxylic acids is 2. The summed E-state index contributed by atoms with van der Waals surface area (Å²) in [5.41, 5.74) is 8.06. The molecule has 0 spiro atoms. The van der Waals surface area contributed by atoms with E-state index < -0.39 is 0 Å². The van der Waals surface area contributed by atoms with Crippen LogP contribution in [0.5, 0.6) is 0 Å². The number of esters is 1. The Morgan fingerprint density at radius 2 is 2.00 bits per heavy atom. The minimum Gasteiger partial charge on any atom is -0.464 e. The number of nitrogens with zero attached hydrogens (tertiary/aromatic N) is 1. The number of nitrogens with one attached hydrogen (secondary N) is 4. The van der Waals surface area contributed by atoms with Gasteiger partial charge in [-0.3, -0.25) is 9.59 Å². The third-order valence-corrected chi connectivity index (χ3v) is 6.84. The lowest BCUT2D eigenvalue weighted by Gasteiger charge is -2.42. The first-order valence-electron chi connectivity index (χ1n) is 12.0. The molecular weight excluding hydrogens is 410 g/mol. The van der Waals surface area contributed by atoms with Gasteiger partial charge in [0.1, 0.15) is 11.9 Å². The van der Waals surface area contributed by atoms with Gasteiger partial charge in [0.25, 0.3) is 0 Å². The highest BCUT2D eigenvalue weighted by molar-refractivity contribution is 5.82. The van der Waals surface area contributed by atoms with Crippen LogP contribution in [0.25, 0.3) is 0 Å². The van der Waals surface area contributed by atoms with Gasteiger partial charge >= 0.3 is 5.97 Å². The monoisotopic (exact) mass is 453 g/mol. The highest BCUT2D eigenvalue weighted by Crippen LogP contribution is 2.40. The predicted octanol–water partition coefficient (Wildman–Crippen LogP) is 0.190. The zero-order chi connectivity index (χ0) is 23.5. The Labute approximate surface area is 192 Å². The molecule has 1 saturated carbocycles. The average Bonchev–Trinajstić information content (AvgIpc) is 2.77. The largest absolute Gasteiger partial charge is 0.464 e. The fourth-order valence-corrected chi connectivity index (χ4v) is 5.03. The summed E-state index contributed by atoms with van der Waals surface area (Å²) >= 11 is 0. The van der Waals surface area contributed by atoms with Gasteiger partial charge in [-0.25, -0.2) is 11.4 Å². The van der Waals surface area contributed by atoms with Crippen LogP contribution in [0, 0.1) is 23.7 Å². The van der Waals surface area contributed by atoms with Gasteiger partial charge in [0.15, 0.2) is 0 Å². The molecule has 5 atom stereocenters. The van der Waals surface area contributed by atoms with Gasteiger partial charge in [0.2, 0.25) is 5.91 Å². The van der Waals surface area contributed by atoms with Crippen LogP contribution in [-0.4, -0.2) is 56.5 Å². The number of fused-ring (bicyclic) bond motifs is 1. The van der Waals surface area contributed by atoms with E-state index in [4.69, 9.17) is 16.3 Å². The standard InChI is InChI=1S/C22H43N7O3/c1-14(2)20(25-3)21(30)26-9-4-10-32-22(31)18-12-17-11-15(5-7-16(17)13-27-18)6-8-19(23)28-29-24/h14-18,20,25,27,29H,4-13,24H2,1-3H3,(H2,23,28)(H,26,30). The molecule has 1 aliphatic carbocycles. The molecule has 1 saturated heterocycles. The number of hydrogen-bond donors (Lipinski definition) is 6. The summed E-state index contributed by atoms with van der Waals surface area (Å²) in [5, 5.41) is 13.1. The van der Waals surface area contributed by atoms with E-state index in [1.165, 1.54) is 12.8 Å². The molecule has 0 aromatic carbocycles. The third-order valence-electron chi connectivity index (χ3n) is 6.84. The van der Waals surface area contributed by atoms with Gasteiger partial charge in [-0.05, 0) is 69.4 Å². The highest BCUT2D eigenvalue weighted by atomic mass is 16.5. The van der Waals surface area contributed by atoms with Crippen LogP contribution >= 0.6 is 0 Å². The van der Waals surface area contributed by atoms with Crippen LogP contribution in [0.2, 0.25) is 0 Å². The highest BCUT2D eigenvalue weighted by Gasteiger charge is 2.38. The smallest absolute Gasteiger partial charge is 0.323 e. The molecule has 1 aliphatic heterocycles. The molecular formula is C22H43N7O3. The Morgan fingerprint density at radius 1 is 1.22 bits per heavy atom. The molecule has 1 heterocycles. The second-order valence-corrected chi connectivity index (χ2v) is 9.49. The quantitative estimate of drug-likeness (QED) is 0.0611. The number of likely N-dealkylation sites (N-methyl/N-ethyl adjacent to an activating group) is 1. The second-order valence-electron chi connectivity index (χ2n) is 9.49. The van der Waals surface area contributed by atoms with Crippen molar-refractivity contribution < 1.29 is 14.3 Å². The zero-order valence-electron chi connectivity index (χ0n) is 19.9. The Kier molecular flexibility index (Phi) is 11.2. The molecule has 0 aromatic heterocycles. The number of hydrazine groups is 1. The molecule has 5 unspecified atom stereocenters. The third kappa shape index (κ3) is 8.22. The lowest BCUT2D eigenvalue weighted by molar-refractivity contribution is -0.148. The van der Waals surface area contributed by atoms with E-state index in [2.05, 4.69) is 26.6 Å². The van der Waals surface area contributed by atoms with Crippen molar-refractivity contribution in [3.8, 4) is 0 Å². The Bertz CT molecular complexity index is 629. The second kappa shape index (κ2) is 13.6. The summed E-state index contributed by atoms with van der Waals surface area (Å²) in [5.74, 6) is 7.48. The van der Waals surface area contributed by atoms with Gasteiger partial charge < -0.3 is 26.4 Å². The van der Waals surface area contributed by atoms with E-state index in [1.807, 2.05) is 13.8 Å². The molecule has 0 bridgehead atoms. The van der Waals surface area contributed by atoms with Gasteiger partial charge in [-0.15, -0.1) is 0 Å². The van der Waals surface area contributed by atoms with Crippen molar-refractivity contribution in [3.05, 3.63) is 0 Å². The molecule has 10 heteroatoms. The molecule has 184 valence electrons. The first-order valence-corrected chi connectivity index (χ1v) is 12.0. The van der Waals surface area contributed by atoms with E-state index in [0.29, 0.717) is 43.2 Å². The molecule has 8 N–H and O–H groups in total. The zero-order valence-corrected chi connectivity index (χ0v) is 19.9. The first kappa shape index (κ1) is 26.3. The van der Waals surface area contributed by atoms with Gasteiger partial charge in [0.05, 0.1) is 12.6 Å². The lowest BCUT2D eigenvalue weighted by atomic mass is 9.69. The molecule has 0 radical (unpaired) electrons. The van der Waals surface area contributed by atoms with Crippen LogP contribution < -0.4 is 33.1 Å². The van der Waals surface area contributed by atoms with Gasteiger partial charge in [0, 0.05) is 13.0 Å². The maximum Gasteiger partial charge on any atom is 0.323 e. The predicted molar refractivity (Wildman–Crippen MR) is 125 cm³/mol. The summed E-state index contributed by atoms with van der Waals surface area (Å²) in [7, 11) is 1.78. The summed E-state index contributed by atoms with van der Waals surface area (Å²) in [6, 6.07) is -0.454. The molecule has 2 aliphatic rings. The topological polar surface area (TPSA) is 156 Å². The first-order chi connectivity index (χ1) is 15.3. The number of hydrazone groups is 1. The Balaban J connectivity index is 1.67. The number of ether oxygens (including phenoxy) is 1. The fourth-order valence-electron chi connectivity index (χ4n) is 5.03. The summed E-state index contributed by atoms with van der Waals surface area (Å²) in [6.45, 7) is 5.68. The Morgan fingerprint density at radius 3 is 2.69 bits per heavy atom. The van der Waals surface area contributed by atoms with Crippen molar-refractivity contribution in [2.45, 2.75) is 70.9 Å². The average molecular weight is 454 g/mol. The minimum atomic E-state index is -0.243. The maximum absolute atomic E-state index is 12.5. The van der Waals surface area contributed by atoms with Crippen molar-refractivity contribution in [2.75, 3.05) is 26.7 Å². The van der Waals surface area contributed by atoms with E-state index in [0.717, 1.165) is 32.2 Å². The van der Waals surface area contributed by atoms with Crippen molar-refractivity contribution in [3.63, 3.8) is 0 Å². The molecule has 2 fully saturated rings. The van der Waals surface area contributed by atoms with E-state index in [9.17, 15) is 9.59 Å². The van der Waals surface area contributed by atoms with Crippen molar-refractivity contribution >= 4 is 17.7 Å². The van der Waals surface area contributed by atoms with E-state index in [1.54, 1.807) is 7.05 Å².